The van der Waals surface area contributed by atoms with Crippen molar-refractivity contribution in [1.29, 1.82) is 0 Å². The number of ether oxygens (including phenoxy) is 1. The molecule has 3 N–H and O–H groups in total. The van der Waals surface area contributed by atoms with Gasteiger partial charge in [-0.15, -0.1) is 11.3 Å². The highest BCUT2D eigenvalue weighted by Gasteiger charge is 2.22. The number of nitrogens with two attached hydrogens (primary N) is 1. The average molecular weight is 290 g/mol. The van der Waals surface area contributed by atoms with E-state index in [9.17, 15) is 5.11 Å². The Morgan fingerprint density at radius 1 is 1.50 bits per heavy atom. The fraction of sp³-hybridized carbons (Fsp3) is 0.400. The smallest absolute Gasteiger partial charge is 0.161 e. The number of aromatic hydroxyl groups is 1. The van der Waals surface area contributed by atoms with Crippen molar-refractivity contribution in [1.82, 2.24) is 4.98 Å². The minimum absolute atomic E-state index is 0.0622. The van der Waals surface area contributed by atoms with Crippen molar-refractivity contribution in [2.24, 2.45) is 5.73 Å². The standard InChI is InChI=1S/C15H18N2O2S/c1-2-19-12-8-9(6-7-11(12)18)15-17-14-10(16)4-3-5-13(14)20-15/h6-8,10,18H,2-5,16H2,1H3. The second-order valence-corrected chi connectivity index (χ2v) is 6.03. The molecule has 3 rings (SSSR count). The Hall–Kier alpha value is -1.59. The number of fused-ring (bicyclic) bond motifs is 1. The van der Waals surface area contributed by atoms with Crippen LogP contribution in [0, 0.1) is 0 Å². The maximum atomic E-state index is 9.76. The first kappa shape index (κ1) is 13.4. The van der Waals surface area contributed by atoms with Gasteiger partial charge in [-0.25, -0.2) is 4.98 Å². The number of phenols is 1. The molecule has 0 saturated carbocycles. The second kappa shape index (κ2) is 5.42. The maximum absolute atomic E-state index is 9.76. The van der Waals surface area contributed by atoms with Crippen LogP contribution in [0.15, 0.2) is 18.2 Å². The molecule has 0 radical (unpaired) electrons. The summed E-state index contributed by atoms with van der Waals surface area (Å²) < 4.78 is 5.42. The number of hydrogen-bond acceptors (Lipinski definition) is 5. The van der Waals surface area contributed by atoms with Gasteiger partial charge in [0.2, 0.25) is 0 Å². The van der Waals surface area contributed by atoms with Crippen LogP contribution in [-0.2, 0) is 6.42 Å². The van der Waals surface area contributed by atoms with Gasteiger partial charge in [0, 0.05) is 16.5 Å². The summed E-state index contributed by atoms with van der Waals surface area (Å²) in [6, 6.07) is 5.43. The number of hydrogen-bond donors (Lipinski definition) is 2. The number of rotatable bonds is 3. The van der Waals surface area contributed by atoms with E-state index in [1.54, 1.807) is 17.4 Å². The van der Waals surface area contributed by atoms with Crippen molar-refractivity contribution in [2.45, 2.75) is 32.2 Å². The molecule has 0 spiro atoms. The van der Waals surface area contributed by atoms with E-state index in [1.165, 1.54) is 4.88 Å². The van der Waals surface area contributed by atoms with E-state index in [1.807, 2.05) is 19.1 Å². The average Bonchev–Trinajstić information content (AvgIpc) is 2.87. The maximum Gasteiger partial charge on any atom is 0.161 e. The lowest BCUT2D eigenvalue weighted by Gasteiger charge is -2.15. The second-order valence-electron chi connectivity index (χ2n) is 4.94. The highest BCUT2D eigenvalue weighted by Crippen LogP contribution is 2.38. The Morgan fingerprint density at radius 3 is 3.10 bits per heavy atom. The third kappa shape index (κ3) is 2.39. The molecule has 1 aliphatic carbocycles. The Labute approximate surface area is 122 Å². The minimum atomic E-state index is 0.0622. The molecule has 1 aromatic heterocycles. The van der Waals surface area contributed by atoms with Crippen molar-refractivity contribution < 1.29 is 9.84 Å². The van der Waals surface area contributed by atoms with Gasteiger partial charge in [0.15, 0.2) is 11.5 Å². The van der Waals surface area contributed by atoms with Crippen molar-refractivity contribution in [2.75, 3.05) is 6.61 Å². The number of aromatic nitrogens is 1. The summed E-state index contributed by atoms with van der Waals surface area (Å²) in [5, 5.41) is 10.7. The van der Waals surface area contributed by atoms with Crippen LogP contribution >= 0.6 is 11.3 Å². The highest BCUT2D eigenvalue weighted by atomic mass is 32.1. The van der Waals surface area contributed by atoms with E-state index < -0.39 is 0 Å². The van der Waals surface area contributed by atoms with E-state index in [2.05, 4.69) is 4.98 Å². The molecule has 106 valence electrons. The van der Waals surface area contributed by atoms with Gasteiger partial charge in [-0.2, -0.15) is 0 Å². The molecular formula is C15H18N2O2S. The summed E-state index contributed by atoms with van der Waals surface area (Å²) in [5.74, 6) is 0.663. The molecule has 1 heterocycles. The van der Waals surface area contributed by atoms with Crippen LogP contribution in [-0.4, -0.2) is 16.7 Å². The number of benzene rings is 1. The molecule has 4 nitrogen and oxygen atoms in total. The molecule has 1 aromatic carbocycles. The normalized spacial score (nSPS) is 17.8. The summed E-state index contributed by atoms with van der Waals surface area (Å²) in [7, 11) is 0. The van der Waals surface area contributed by atoms with Gasteiger partial charge in [-0.1, -0.05) is 0 Å². The van der Waals surface area contributed by atoms with Gasteiger partial charge in [0.05, 0.1) is 12.3 Å². The first-order valence-electron chi connectivity index (χ1n) is 6.90. The molecule has 5 heteroatoms. The van der Waals surface area contributed by atoms with Crippen LogP contribution in [0.1, 0.15) is 36.4 Å². The first-order chi connectivity index (χ1) is 9.69. The summed E-state index contributed by atoms with van der Waals surface area (Å²) >= 11 is 1.70. The molecular weight excluding hydrogens is 272 g/mol. The highest BCUT2D eigenvalue weighted by molar-refractivity contribution is 7.15. The summed E-state index contributed by atoms with van der Waals surface area (Å²) in [4.78, 5) is 5.99. The molecule has 0 aliphatic heterocycles. The summed E-state index contributed by atoms with van der Waals surface area (Å²) in [6.07, 6.45) is 3.21. The third-order valence-electron chi connectivity index (χ3n) is 3.50. The zero-order valence-electron chi connectivity index (χ0n) is 11.4. The van der Waals surface area contributed by atoms with Gasteiger partial charge in [-0.05, 0) is 44.4 Å². The largest absolute Gasteiger partial charge is 0.504 e. The van der Waals surface area contributed by atoms with Gasteiger partial charge in [0.1, 0.15) is 5.01 Å². The monoisotopic (exact) mass is 290 g/mol. The molecule has 0 bridgehead atoms. The zero-order chi connectivity index (χ0) is 14.1. The van der Waals surface area contributed by atoms with E-state index in [0.29, 0.717) is 12.4 Å². The number of nitrogens with zero attached hydrogens (tertiary/aromatic N) is 1. The predicted octanol–water partition coefficient (Wildman–Crippen LogP) is 3.25. The van der Waals surface area contributed by atoms with Crippen molar-refractivity contribution >= 4 is 11.3 Å². The minimum Gasteiger partial charge on any atom is -0.504 e. The van der Waals surface area contributed by atoms with Gasteiger partial charge in [-0.3, -0.25) is 0 Å². The van der Waals surface area contributed by atoms with Crippen molar-refractivity contribution in [3.63, 3.8) is 0 Å². The Kier molecular flexibility index (Phi) is 3.63. The fourth-order valence-corrected chi connectivity index (χ4v) is 3.66. The lowest BCUT2D eigenvalue weighted by Crippen LogP contribution is -2.16. The number of phenolic OH excluding ortho intramolecular Hbond substituents is 1. The van der Waals surface area contributed by atoms with Crippen molar-refractivity contribution in [3.8, 4) is 22.1 Å². The van der Waals surface area contributed by atoms with Crippen LogP contribution in [0.5, 0.6) is 11.5 Å². The van der Waals surface area contributed by atoms with E-state index in [4.69, 9.17) is 10.5 Å². The molecule has 1 atom stereocenters. The Bertz CT molecular complexity index is 624. The molecule has 20 heavy (non-hydrogen) atoms. The predicted molar refractivity (Wildman–Crippen MR) is 80.3 cm³/mol. The topological polar surface area (TPSA) is 68.4 Å². The van der Waals surface area contributed by atoms with Crippen LogP contribution in [0.4, 0.5) is 0 Å². The Balaban J connectivity index is 1.99. The van der Waals surface area contributed by atoms with Crippen LogP contribution < -0.4 is 10.5 Å². The van der Waals surface area contributed by atoms with Crippen LogP contribution in [0.25, 0.3) is 10.6 Å². The number of aryl methyl sites for hydroxylation is 1. The zero-order valence-corrected chi connectivity index (χ0v) is 12.2. The molecule has 0 amide bonds. The Morgan fingerprint density at radius 2 is 2.35 bits per heavy atom. The molecule has 2 aromatic rings. The molecule has 0 saturated heterocycles. The van der Waals surface area contributed by atoms with E-state index in [0.717, 1.165) is 35.5 Å². The summed E-state index contributed by atoms with van der Waals surface area (Å²) in [6.45, 7) is 2.42. The van der Waals surface area contributed by atoms with Crippen LogP contribution in [0.3, 0.4) is 0 Å². The summed E-state index contributed by atoms with van der Waals surface area (Å²) in [5.41, 5.74) is 8.13. The van der Waals surface area contributed by atoms with Crippen LogP contribution in [0.2, 0.25) is 0 Å². The quantitative estimate of drug-likeness (QED) is 0.910. The first-order valence-corrected chi connectivity index (χ1v) is 7.72. The van der Waals surface area contributed by atoms with E-state index >= 15 is 0 Å². The van der Waals surface area contributed by atoms with Gasteiger partial charge < -0.3 is 15.6 Å². The lowest BCUT2D eigenvalue weighted by molar-refractivity contribution is 0.318. The van der Waals surface area contributed by atoms with Gasteiger partial charge in [0.25, 0.3) is 0 Å². The molecule has 0 fully saturated rings. The fourth-order valence-electron chi connectivity index (χ4n) is 2.49. The third-order valence-corrected chi connectivity index (χ3v) is 4.68. The number of thiazole rings is 1. The molecule has 1 unspecified atom stereocenters. The van der Waals surface area contributed by atoms with E-state index in [-0.39, 0.29) is 11.8 Å². The SMILES string of the molecule is CCOc1cc(-c2nc3c(s2)CCCC3N)ccc1O. The van der Waals surface area contributed by atoms with Gasteiger partial charge >= 0.3 is 0 Å². The van der Waals surface area contributed by atoms with Crippen molar-refractivity contribution in [3.05, 3.63) is 28.8 Å². The lowest BCUT2D eigenvalue weighted by atomic mass is 9.99. The molecule has 1 aliphatic rings.